The number of benzene rings is 2. The van der Waals surface area contributed by atoms with Crippen LogP contribution in [-0.4, -0.2) is 49.3 Å². The first-order chi connectivity index (χ1) is 21.1. The van der Waals surface area contributed by atoms with Gasteiger partial charge < -0.3 is 20.2 Å². The summed E-state index contributed by atoms with van der Waals surface area (Å²) in [5.74, 6) is -3.52. The normalized spacial score (nSPS) is 14.5. The Bertz CT molecular complexity index is 1780. The molecule has 3 heterocycles. The lowest BCUT2D eigenvalue weighted by Crippen LogP contribution is -2.46. The number of aromatic nitrogens is 3. The number of carboxylic acids is 1. The summed E-state index contributed by atoms with van der Waals surface area (Å²) in [6.45, 7) is 0. The third-order valence-electron chi connectivity index (χ3n) is 7.02. The van der Waals surface area contributed by atoms with E-state index in [4.69, 9.17) is 27.6 Å². The molecule has 0 fully saturated rings. The smallest absolute Gasteiger partial charge is 0.305 e. The van der Waals surface area contributed by atoms with E-state index < -0.39 is 53.5 Å². The largest absolute Gasteiger partial charge is 0.481 e. The van der Waals surface area contributed by atoms with E-state index >= 15 is 0 Å². The quantitative estimate of drug-likeness (QED) is 0.204. The Balaban J connectivity index is 1.32. The Labute approximate surface area is 260 Å². The first-order valence-corrected chi connectivity index (χ1v) is 14.3. The van der Waals surface area contributed by atoms with Crippen molar-refractivity contribution in [2.45, 2.75) is 44.2 Å². The van der Waals surface area contributed by atoms with Gasteiger partial charge in [0.05, 0.1) is 34.4 Å². The summed E-state index contributed by atoms with van der Waals surface area (Å²) in [6.07, 6.45) is 2.72. The molecule has 2 amide bonds. The van der Waals surface area contributed by atoms with Crippen LogP contribution >= 0.6 is 23.2 Å². The Morgan fingerprint density at radius 3 is 2.45 bits per heavy atom. The van der Waals surface area contributed by atoms with Gasteiger partial charge in [-0.15, -0.1) is 0 Å². The highest BCUT2D eigenvalue weighted by Gasteiger charge is 2.35. The van der Waals surface area contributed by atoms with Crippen molar-refractivity contribution in [2.24, 2.45) is 0 Å². The highest BCUT2D eigenvalue weighted by atomic mass is 35.5. The average Bonchev–Trinajstić information content (AvgIpc) is 3.65. The fourth-order valence-corrected chi connectivity index (χ4v) is 5.48. The molecule has 0 bridgehead atoms. The van der Waals surface area contributed by atoms with E-state index in [9.17, 15) is 29.1 Å². The molecule has 1 aliphatic heterocycles. The number of Topliss-reactive ketones (excluding diaryl/α,β-unsaturated/α-hetero) is 1. The minimum atomic E-state index is -1.57. The van der Waals surface area contributed by atoms with Gasteiger partial charge in [0.15, 0.2) is 5.76 Å². The molecule has 44 heavy (non-hydrogen) atoms. The molecular formula is C30H25Cl2N5O7. The number of carbonyl (C=O) groups is 4. The van der Waals surface area contributed by atoms with Gasteiger partial charge in [0.25, 0.3) is 11.4 Å². The van der Waals surface area contributed by atoms with Gasteiger partial charge in [0.1, 0.15) is 23.6 Å². The maximum Gasteiger partial charge on any atom is 0.305 e. The number of aryl methyl sites for hydroxylation is 2. The second-order valence-electron chi connectivity index (χ2n) is 10.0. The summed E-state index contributed by atoms with van der Waals surface area (Å²) in [4.78, 5) is 72.3. The van der Waals surface area contributed by atoms with Crippen LogP contribution < -0.4 is 16.2 Å². The fraction of sp³-hybridized carbons (Fsp3) is 0.233. The van der Waals surface area contributed by atoms with Crippen molar-refractivity contribution in [3.63, 3.8) is 0 Å². The molecule has 0 saturated heterocycles. The van der Waals surface area contributed by atoms with Crippen molar-refractivity contribution >= 4 is 52.5 Å². The number of oxazole rings is 1. The molecule has 0 spiro atoms. The number of hydrogen-bond donors (Lipinski definition) is 3. The number of aliphatic carboxylic acids is 1. The highest BCUT2D eigenvalue weighted by Crippen LogP contribution is 2.35. The van der Waals surface area contributed by atoms with Crippen LogP contribution in [-0.2, 0) is 27.2 Å². The maximum absolute atomic E-state index is 13.4. The molecule has 4 aromatic rings. The number of amides is 2. The van der Waals surface area contributed by atoms with Crippen LogP contribution in [0.1, 0.15) is 47.4 Å². The zero-order valence-corrected chi connectivity index (χ0v) is 24.5. The summed E-state index contributed by atoms with van der Waals surface area (Å²) in [5, 5.41) is 14.9. The summed E-state index contributed by atoms with van der Waals surface area (Å²) in [7, 11) is 0. The van der Waals surface area contributed by atoms with Crippen LogP contribution in [0.25, 0.3) is 11.3 Å². The SMILES string of the molecule is O=C(O)CC(NC(=O)[C@@H]1CCc2ncc(NC(=O)CCc3ccccc3)c(=O)n21)C(=O)c1ncc(-c2c(Cl)cccc2Cl)o1. The van der Waals surface area contributed by atoms with Crippen LogP contribution in [0, 0.1) is 0 Å². The van der Waals surface area contributed by atoms with Gasteiger partial charge in [-0.25, -0.2) is 9.97 Å². The first kappa shape index (κ1) is 30.6. The van der Waals surface area contributed by atoms with Crippen molar-refractivity contribution < 1.29 is 28.7 Å². The van der Waals surface area contributed by atoms with Gasteiger partial charge in [0.2, 0.25) is 17.6 Å². The molecule has 14 heteroatoms. The molecule has 0 aliphatic carbocycles. The molecule has 1 unspecified atom stereocenters. The predicted molar refractivity (Wildman–Crippen MR) is 160 cm³/mol. The number of anilines is 1. The van der Waals surface area contributed by atoms with E-state index in [1.54, 1.807) is 18.2 Å². The zero-order chi connectivity index (χ0) is 31.4. The lowest BCUT2D eigenvalue weighted by atomic mass is 10.1. The molecule has 5 rings (SSSR count). The first-order valence-electron chi connectivity index (χ1n) is 13.5. The van der Waals surface area contributed by atoms with Gasteiger partial charge in [-0.2, -0.15) is 0 Å². The van der Waals surface area contributed by atoms with Crippen molar-refractivity contribution in [1.82, 2.24) is 19.9 Å². The van der Waals surface area contributed by atoms with E-state index in [-0.39, 0.29) is 40.8 Å². The van der Waals surface area contributed by atoms with Crippen LogP contribution in [0.3, 0.4) is 0 Å². The summed E-state index contributed by atoms with van der Waals surface area (Å²) in [6, 6.07) is 11.5. The fourth-order valence-electron chi connectivity index (χ4n) is 4.89. The van der Waals surface area contributed by atoms with Crippen molar-refractivity contribution in [1.29, 1.82) is 0 Å². The minimum absolute atomic E-state index is 0.0741. The van der Waals surface area contributed by atoms with E-state index in [1.807, 2.05) is 30.3 Å². The number of nitrogens with one attached hydrogen (secondary N) is 2. The molecule has 2 aromatic carbocycles. The number of halogens is 2. The lowest BCUT2D eigenvalue weighted by molar-refractivity contribution is -0.137. The number of hydrogen-bond acceptors (Lipinski definition) is 8. The molecule has 226 valence electrons. The molecule has 0 saturated carbocycles. The van der Waals surface area contributed by atoms with Crippen LogP contribution in [0.5, 0.6) is 0 Å². The third-order valence-corrected chi connectivity index (χ3v) is 7.65. The number of ketones is 1. The number of carboxylic acid groups (broad SMARTS) is 1. The van der Waals surface area contributed by atoms with Crippen molar-refractivity contribution in [3.05, 3.63) is 98.6 Å². The van der Waals surface area contributed by atoms with Crippen LogP contribution in [0.4, 0.5) is 5.69 Å². The monoisotopic (exact) mass is 637 g/mol. The van der Waals surface area contributed by atoms with Crippen molar-refractivity contribution in [3.8, 4) is 11.3 Å². The number of fused-ring (bicyclic) bond motifs is 1. The van der Waals surface area contributed by atoms with E-state index in [1.165, 1.54) is 12.4 Å². The Morgan fingerprint density at radius 2 is 1.75 bits per heavy atom. The van der Waals surface area contributed by atoms with Gasteiger partial charge >= 0.3 is 5.97 Å². The van der Waals surface area contributed by atoms with Gasteiger partial charge in [-0.3, -0.25) is 28.5 Å². The Hall–Kier alpha value is -4.81. The van der Waals surface area contributed by atoms with Crippen LogP contribution in [0.2, 0.25) is 10.0 Å². The Morgan fingerprint density at radius 1 is 1.02 bits per heavy atom. The molecule has 12 nitrogen and oxygen atoms in total. The van der Waals surface area contributed by atoms with Crippen molar-refractivity contribution in [2.75, 3.05) is 5.32 Å². The molecule has 3 N–H and O–H groups in total. The molecular weight excluding hydrogens is 613 g/mol. The Kier molecular flexibility index (Phi) is 9.21. The summed E-state index contributed by atoms with van der Waals surface area (Å²) >= 11 is 12.4. The topological polar surface area (TPSA) is 173 Å². The van der Waals surface area contributed by atoms with Gasteiger partial charge in [0, 0.05) is 12.8 Å². The van der Waals surface area contributed by atoms with E-state index in [2.05, 4.69) is 20.6 Å². The second-order valence-corrected chi connectivity index (χ2v) is 10.8. The predicted octanol–water partition coefficient (Wildman–Crippen LogP) is 4.11. The maximum atomic E-state index is 13.4. The summed E-state index contributed by atoms with van der Waals surface area (Å²) in [5.41, 5.74) is 0.506. The third kappa shape index (κ3) is 6.71. The molecule has 1 aliphatic rings. The lowest BCUT2D eigenvalue weighted by Gasteiger charge is -2.19. The van der Waals surface area contributed by atoms with Gasteiger partial charge in [-0.05, 0) is 30.5 Å². The average molecular weight is 638 g/mol. The number of nitrogens with zero attached hydrogens (tertiary/aromatic N) is 3. The van der Waals surface area contributed by atoms with E-state index in [0.717, 1.165) is 10.1 Å². The summed E-state index contributed by atoms with van der Waals surface area (Å²) < 4.78 is 6.71. The molecule has 2 aromatic heterocycles. The number of rotatable bonds is 11. The molecule has 2 atom stereocenters. The van der Waals surface area contributed by atoms with Crippen LogP contribution in [0.15, 0.2) is 70.1 Å². The zero-order valence-electron chi connectivity index (χ0n) is 23.0. The number of carbonyl (C=O) groups excluding carboxylic acids is 3. The minimum Gasteiger partial charge on any atom is -0.481 e. The van der Waals surface area contributed by atoms with E-state index in [0.29, 0.717) is 17.8 Å². The second kappa shape index (κ2) is 13.2. The standard InChI is InChI=1S/C30H25Cl2N5O7/c31-17-7-4-8-18(32)26(17)22-15-34-29(44-22)27(41)19(13-25(39)40)36-28(42)21-10-11-23-33-14-20(30(43)37(21)23)35-24(38)12-9-16-5-2-1-3-6-16/h1-8,14-15,19,21H,9-13H2,(H,35,38)(H,36,42)(H,39,40)/t19?,21-/m0/s1. The highest BCUT2D eigenvalue weighted by molar-refractivity contribution is 6.39. The van der Waals surface area contributed by atoms with Gasteiger partial charge in [-0.1, -0.05) is 59.6 Å². The molecule has 0 radical (unpaired) electrons.